The SMILES string of the molecule is CC(C)c1cc2c(NCC3(C)CCCS3)nccn2n1. The van der Waals surface area contributed by atoms with Gasteiger partial charge in [0, 0.05) is 23.7 Å². The summed E-state index contributed by atoms with van der Waals surface area (Å²) in [6.07, 6.45) is 6.34. The average Bonchev–Trinajstić information content (AvgIpc) is 3.03. The first kappa shape index (κ1) is 13.7. The van der Waals surface area contributed by atoms with Gasteiger partial charge in [-0.3, -0.25) is 0 Å². The molecule has 108 valence electrons. The van der Waals surface area contributed by atoms with Gasteiger partial charge in [0.25, 0.3) is 0 Å². The summed E-state index contributed by atoms with van der Waals surface area (Å²) in [4.78, 5) is 4.49. The first-order valence-corrected chi connectivity index (χ1v) is 8.28. The Morgan fingerprint density at radius 3 is 3.05 bits per heavy atom. The molecule has 1 N–H and O–H groups in total. The van der Waals surface area contributed by atoms with Gasteiger partial charge in [-0.2, -0.15) is 16.9 Å². The van der Waals surface area contributed by atoms with Crippen LogP contribution in [0.1, 0.15) is 45.2 Å². The maximum absolute atomic E-state index is 4.60. The Balaban J connectivity index is 1.83. The zero-order valence-electron chi connectivity index (χ0n) is 12.4. The van der Waals surface area contributed by atoms with Crippen LogP contribution in [-0.4, -0.2) is 31.6 Å². The van der Waals surface area contributed by atoms with Crippen LogP contribution >= 0.6 is 11.8 Å². The summed E-state index contributed by atoms with van der Waals surface area (Å²) in [5.41, 5.74) is 2.19. The molecule has 1 aliphatic rings. The molecule has 5 heteroatoms. The topological polar surface area (TPSA) is 42.2 Å². The number of nitrogens with zero attached hydrogens (tertiary/aromatic N) is 3. The molecular weight excluding hydrogens is 268 g/mol. The molecular formula is C15H22N4S. The lowest BCUT2D eigenvalue weighted by Crippen LogP contribution is -2.27. The molecule has 0 bridgehead atoms. The predicted octanol–water partition coefficient (Wildman–Crippen LogP) is 3.55. The van der Waals surface area contributed by atoms with E-state index in [1.54, 1.807) is 0 Å². The van der Waals surface area contributed by atoms with Crippen LogP contribution in [-0.2, 0) is 0 Å². The lowest BCUT2D eigenvalue weighted by atomic mass is 10.1. The number of fused-ring (bicyclic) bond motifs is 1. The van der Waals surface area contributed by atoms with E-state index in [1.165, 1.54) is 18.6 Å². The smallest absolute Gasteiger partial charge is 0.152 e. The lowest BCUT2D eigenvalue weighted by molar-refractivity contribution is 0.634. The number of thioether (sulfide) groups is 1. The Bertz CT molecular complexity index is 599. The van der Waals surface area contributed by atoms with Gasteiger partial charge in [0.15, 0.2) is 5.82 Å². The fourth-order valence-electron chi connectivity index (χ4n) is 2.61. The second kappa shape index (κ2) is 5.28. The molecule has 2 aromatic rings. The van der Waals surface area contributed by atoms with Crippen molar-refractivity contribution in [2.75, 3.05) is 17.6 Å². The van der Waals surface area contributed by atoms with Gasteiger partial charge in [-0.05, 0) is 37.5 Å². The van der Waals surface area contributed by atoms with E-state index < -0.39 is 0 Å². The summed E-state index contributed by atoms with van der Waals surface area (Å²) in [6.45, 7) is 7.64. The minimum atomic E-state index is 0.343. The van der Waals surface area contributed by atoms with Gasteiger partial charge in [-0.1, -0.05) is 13.8 Å². The highest BCUT2D eigenvalue weighted by atomic mass is 32.2. The molecule has 1 aliphatic heterocycles. The van der Waals surface area contributed by atoms with Gasteiger partial charge in [-0.15, -0.1) is 0 Å². The molecule has 3 heterocycles. The van der Waals surface area contributed by atoms with Crippen molar-refractivity contribution < 1.29 is 0 Å². The van der Waals surface area contributed by atoms with Gasteiger partial charge in [0.1, 0.15) is 5.52 Å². The standard InChI is InChI=1S/C15H22N4S/c1-11(2)12-9-13-14(16-6-7-19(13)18-12)17-10-15(3)5-4-8-20-15/h6-7,9,11H,4-5,8,10H2,1-3H3,(H,16,17). The molecule has 3 rings (SSSR count). The van der Waals surface area contributed by atoms with Crippen LogP contribution in [0.15, 0.2) is 18.5 Å². The van der Waals surface area contributed by atoms with E-state index in [0.29, 0.717) is 10.7 Å². The highest BCUT2D eigenvalue weighted by molar-refractivity contribution is 8.00. The third-order valence-corrected chi connectivity index (χ3v) is 5.47. The summed E-state index contributed by atoms with van der Waals surface area (Å²) in [5, 5.41) is 8.13. The summed E-state index contributed by atoms with van der Waals surface area (Å²) < 4.78 is 2.27. The molecule has 1 unspecified atom stereocenters. The van der Waals surface area contributed by atoms with E-state index in [9.17, 15) is 0 Å². The summed E-state index contributed by atoms with van der Waals surface area (Å²) in [7, 11) is 0. The number of aromatic nitrogens is 3. The molecule has 1 saturated heterocycles. The highest BCUT2D eigenvalue weighted by Gasteiger charge is 2.29. The maximum Gasteiger partial charge on any atom is 0.152 e. The molecule has 0 radical (unpaired) electrons. The van der Waals surface area contributed by atoms with Crippen molar-refractivity contribution in [3.05, 3.63) is 24.2 Å². The zero-order valence-corrected chi connectivity index (χ0v) is 13.2. The fourth-order valence-corrected chi connectivity index (χ4v) is 3.85. The quantitative estimate of drug-likeness (QED) is 0.935. The van der Waals surface area contributed by atoms with Crippen molar-refractivity contribution in [2.24, 2.45) is 0 Å². The van der Waals surface area contributed by atoms with Crippen molar-refractivity contribution in [1.82, 2.24) is 14.6 Å². The Labute approximate surface area is 124 Å². The minimum absolute atomic E-state index is 0.343. The second-order valence-electron chi connectivity index (χ2n) is 6.09. The number of hydrogen-bond donors (Lipinski definition) is 1. The zero-order chi connectivity index (χ0) is 14.2. The van der Waals surface area contributed by atoms with Crippen LogP contribution in [0.4, 0.5) is 5.82 Å². The van der Waals surface area contributed by atoms with Crippen molar-refractivity contribution in [1.29, 1.82) is 0 Å². The van der Waals surface area contributed by atoms with Crippen LogP contribution in [0.3, 0.4) is 0 Å². The van der Waals surface area contributed by atoms with Crippen molar-refractivity contribution in [3.8, 4) is 0 Å². The highest BCUT2D eigenvalue weighted by Crippen LogP contribution is 2.37. The summed E-state index contributed by atoms with van der Waals surface area (Å²) in [6, 6.07) is 2.14. The van der Waals surface area contributed by atoms with Gasteiger partial charge >= 0.3 is 0 Å². The van der Waals surface area contributed by atoms with E-state index in [1.807, 2.05) is 16.9 Å². The van der Waals surface area contributed by atoms with Crippen LogP contribution in [0.2, 0.25) is 0 Å². The third kappa shape index (κ3) is 2.64. The van der Waals surface area contributed by atoms with Crippen LogP contribution < -0.4 is 5.32 Å². The number of anilines is 1. The Morgan fingerprint density at radius 1 is 1.50 bits per heavy atom. The molecule has 20 heavy (non-hydrogen) atoms. The lowest BCUT2D eigenvalue weighted by Gasteiger charge is -2.23. The van der Waals surface area contributed by atoms with Crippen LogP contribution in [0, 0.1) is 0 Å². The fraction of sp³-hybridized carbons (Fsp3) is 0.600. The van der Waals surface area contributed by atoms with Crippen molar-refractivity contribution >= 4 is 23.1 Å². The normalized spacial score (nSPS) is 22.8. The number of hydrogen-bond acceptors (Lipinski definition) is 4. The largest absolute Gasteiger partial charge is 0.367 e. The predicted molar refractivity (Wildman–Crippen MR) is 85.7 cm³/mol. The monoisotopic (exact) mass is 290 g/mol. The molecule has 0 aromatic carbocycles. The van der Waals surface area contributed by atoms with Crippen LogP contribution in [0.5, 0.6) is 0 Å². The van der Waals surface area contributed by atoms with E-state index in [0.717, 1.165) is 23.6 Å². The van der Waals surface area contributed by atoms with E-state index in [-0.39, 0.29) is 0 Å². The van der Waals surface area contributed by atoms with Gasteiger partial charge in [-0.25, -0.2) is 9.50 Å². The number of rotatable bonds is 4. The van der Waals surface area contributed by atoms with Crippen LogP contribution in [0.25, 0.3) is 5.52 Å². The van der Waals surface area contributed by atoms with Crippen molar-refractivity contribution in [2.45, 2.75) is 44.3 Å². The Morgan fingerprint density at radius 2 is 2.35 bits per heavy atom. The molecule has 4 nitrogen and oxygen atoms in total. The van der Waals surface area contributed by atoms with E-state index in [4.69, 9.17) is 0 Å². The van der Waals surface area contributed by atoms with E-state index >= 15 is 0 Å². The second-order valence-corrected chi connectivity index (χ2v) is 7.77. The van der Waals surface area contributed by atoms with Gasteiger partial charge in [0.05, 0.1) is 5.69 Å². The van der Waals surface area contributed by atoms with E-state index in [2.05, 4.69) is 54.0 Å². The minimum Gasteiger partial charge on any atom is -0.367 e. The third-order valence-electron chi connectivity index (χ3n) is 3.93. The van der Waals surface area contributed by atoms with Gasteiger partial charge in [0.2, 0.25) is 0 Å². The first-order chi connectivity index (χ1) is 9.57. The summed E-state index contributed by atoms with van der Waals surface area (Å²) >= 11 is 2.07. The number of nitrogens with one attached hydrogen (secondary N) is 1. The molecule has 0 spiro atoms. The van der Waals surface area contributed by atoms with Gasteiger partial charge < -0.3 is 5.32 Å². The Hall–Kier alpha value is -1.23. The first-order valence-electron chi connectivity index (χ1n) is 7.29. The molecule has 0 amide bonds. The molecule has 2 aromatic heterocycles. The maximum atomic E-state index is 4.60. The molecule has 0 saturated carbocycles. The molecule has 0 aliphatic carbocycles. The average molecular weight is 290 g/mol. The van der Waals surface area contributed by atoms with Crippen molar-refractivity contribution in [3.63, 3.8) is 0 Å². The summed E-state index contributed by atoms with van der Waals surface area (Å²) in [5.74, 6) is 2.66. The molecule has 1 atom stereocenters. The Kier molecular flexibility index (Phi) is 3.63. The molecule has 1 fully saturated rings.